The standard InChI is InChI=1S/C19H14Cl2F3N3O4S/c20-12-3-1-11(2-4-12)16-17(25-10-26-18(16)31-8-7-28)27-32(29,30)13-5-6-14(15(21)9-13)19(22,23)24/h1-6,9-10,28H,7-8H2,(H,25,26,27). The predicted octanol–water partition coefficient (Wildman–Crippen LogP) is 4.64. The number of ether oxygens (including phenoxy) is 1. The first-order valence-corrected chi connectivity index (χ1v) is 11.0. The minimum atomic E-state index is -4.74. The van der Waals surface area contributed by atoms with Crippen LogP contribution >= 0.6 is 23.2 Å². The third kappa shape index (κ3) is 5.41. The van der Waals surface area contributed by atoms with Crippen molar-refractivity contribution < 1.29 is 31.4 Å². The Hall–Kier alpha value is -2.60. The highest BCUT2D eigenvalue weighted by atomic mass is 35.5. The first-order chi connectivity index (χ1) is 15.0. The lowest BCUT2D eigenvalue weighted by molar-refractivity contribution is -0.137. The molecule has 3 aromatic rings. The SMILES string of the molecule is O=S(=O)(Nc1ncnc(OCCO)c1-c1ccc(Cl)cc1)c1ccc(C(F)(F)F)c(Cl)c1. The van der Waals surface area contributed by atoms with Gasteiger partial charge in [-0.15, -0.1) is 0 Å². The van der Waals surface area contributed by atoms with Gasteiger partial charge in [-0.25, -0.2) is 18.4 Å². The van der Waals surface area contributed by atoms with Gasteiger partial charge in [-0.05, 0) is 35.9 Å². The maximum atomic E-state index is 12.9. The average molecular weight is 508 g/mol. The molecular formula is C19H14Cl2F3N3O4S. The molecule has 0 fully saturated rings. The Kier molecular flexibility index (Phi) is 7.13. The van der Waals surface area contributed by atoms with Crippen molar-refractivity contribution in [2.75, 3.05) is 17.9 Å². The molecule has 2 aromatic carbocycles. The molecule has 1 aromatic heterocycles. The Bertz CT molecular complexity index is 1220. The van der Waals surface area contributed by atoms with Gasteiger partial charge in [0.25, 0.3) is 10.0 Å². The zero-order valence-corrected chi connectivity index (χ0v) is 18.2. The lowest BCUT2D eigenvalue weighted by Crippen LogP contribution is -2.16. The first-order valence-electron chi connectivity index (χ1n) is 8.77. The summed E-state index contributed by atoms with van der Waals surface area (Å²) in [7, 11) is -4.40. The van der Waals surface area contributed by atoms with Gasteiger partial charge in [0.05, 0.1) is 27.7 Å². The highest BCUT2D eigenvalue weighted by molar-refractivity contribution is 7.92. The van der Waals surface area contributed by atoms with Crippen LogP contribution in [0.1, 0.15) is 5.56 Å². The highest BCUT2D eigenvalue weighted by Gasteiger charge is 2.34. The molecule has 0 atom stereocenters. The molecule has 0 aliphatic carbocycles. The number of hydrogen-bond acceptors (Lipinski definition) is 6. The maximum absolute atomic E-state index is 12.9. The molecule has 0 unspecified atom stereocenters. The zero-order valence-electron chi connectivity index (χ0n) is 15.9. The van der Waals surface area contributed by atoms with Crippen LogP contribution in [0.15, 0.2) is 53.7 Å². The van der Waals surface area contributed by atoms with Gasteiger partial charge in [-0.1, -0.05) is 35.3 Å². The molecule has 170 valence electrons. The van der Waals surface area contributed by atoms with Crippen LogP contribution in [0, 0.1) is 0 Å². The number of sulfonamides is 1. The summed E-state index contributed by atoms with van der Waals surface area (Å²) >= 11 is 11.6. The number of benzene rings is 2. The number of nitrogens with zero attached hydrogens (tertiary/aromatic N) is 2. The van der Waals surface area contributed by atoms with E-state index in [9.17, 15) is 21.6 Å². The van der Waals surface area contributed by atoms with E-state index in [2.05, 4.69) is 14.7 Å². The Morgan fingerprint density at radius 3 is 2.34 bits per heavy atom. The number of aromatic nitrogens is 2. The molecule has 0 radical (unpaired) electrons. The van der Waals surface area contributed by atoms with E-state index in [-0.39, 0.29) is 30.5 Å². The number of aliphatic hydroxyl groups is 1. The molecular weight excluding hydrogens is 494 g/mol. The largest absolute Gasteiger partial charge is 0.475 e. The van der Waals surface area contributed by atoms with Gasteiger partial charge >= 0.3 is 6.18 Å². The summed E-state index contributed by atoms with van der Waals surface area (Å²) in [6, 6.07) is 8.29. The van der Waals surface area contributed by atoms with Crippen molar-refractivity contribution in [2.24, 2.45) is 0 Å². The topological polar surface area (TPSA) is 101 Å². The van der Waals surface area contributed by atoms with Crippen LogP contribution in [0.5, 0.6) is 5.88 Å². The smallest absolute Gasteiger partial charge is 0.417 e. The molecule has 13 heteroatoms. The molecule has 0 aliphatic rings. The van der Waals surface area contributed by atoms with E-state index in [4.69, 9.17) is 33.0 Å². The van der Waals surface area contributed by atoms with Crippen molar-refractivity contribution in [3.05, 3.63) is 64.4 Å². The summed E-state index contributed by atoms with van der Waals surface area (Å²) in [5.74, 6) is -0.231. The van der Waals surface area contributed by atoms with Crippen molar-refractivity contribution in [3.8, 4) is 17.0 Å². The minimum Gasteiger partial charge on any atom is -0.475 e. The first kappa shape index (κ1) is 24.1. The quantitative estimate of drug-likeness (QED) is 0.482. The zero-order chi connectivity index (χ0) is 23.5. The summed E-state index contributed by atoms with van der Waals surface area (Å²) in [4.78, 5) is 7.41. The fourth-order valence-electron chi connectivity index (χ4n) is 2.65. The van der Waals surface area contributed by atoms with Crippen LogP contribution in [-0.4, -0.2) is 36.7 Å². The number of nitrogens with one attached hydrogen (secondary N) is 1. The van der Waals surface area contributed by atoms with Crippen molar-refractivity contribution in [2.45, 2.75) is 11.1 Å². The third-order valence-electron chi connectivity index (χ3n) is 4.06. The molecule has 2 N–H and O–H groups in total. The lowest BCUT2D eigenvalue weighted by Gasteiger charge is -2.16. The summed E-state index contributed by atoms with van der Waals surface area (Å²) in [6.45, 7) is -0.451. The van der Waals surface area contributed by atoms with E-state index in [1.165, 1.54) is 0 Å². The molecule has 0 spiro atoms. The van der Waals surface area contributed by atoms with Crippen LogP contribution < -0.4 is 9.46 Å². The number of hydrogen-bond donors (Lipinski definition) is 2. The number of halogens is 5. The van der Waals surface area contributed by atoms with Crippen LogP contribution in [0.25, 0.3) is 11.1 Å². The number of anilines is 1. The van der Waals surface area contributed by atoms with Crippen LogP contribution in [0.3, 0.4) is 0 Å². The van der Waals surface area contributed by atoms with E-state index in [0.29, 0.717) is 22.7 Å². The Morgan fingerprint density at radius 1 is 1.06 bits per heavy atom. The highest BCUT2D eigenvalue weighted by Crippen LogP contribution is 2.38. The Morgan fingerprint density at radius 2 is 1.75 bits per heavy atom. The van der Waals surface area contributed by atoms with Crippen molar-refractivity contribution in [1.82, 2.24) is 9.97 Å². The van der Waals surface area contributed by atoms with E-state index >= 15 is 0 Å². The second-order valence-electron chi connectivity index (χ2n) is 6.23. The van der Waals surface area contributed by atoms with E-state index in [0.717, 1.165) is 12.4 Å². The molecule has 0 saturated carbocycles. The van der Waals surface area contributed by atoms with Crippen molar-refractivity contribution in [3.63, 3.8) is 0 Å². The molecule has 3 rings (SSSR count). The summed E-state index contributed by atoms with van der Waals surface area (Å²) in [6.07, 6.45) is -3.70. The van der Waals surface area contributed by atoms with Crippen LogP contribution in [0.2, 0.25) is 10.0 Å². The summed E-state index contributed by atoms with van der Waals surface area (Å²) in [5.41, 5.74) is -0.591. The Balaban J connectivity index is 2.06. The van der Waals surface area contributed by atoms with Gasteiger partial charge in [0.1, 0.15) is 12.9 Å². The fraction of sp³-hybridized carbons (Fsp3) is 0.158. The molecule has 0 bridgehead atoms. The second kappa shape index (κ2) is 9.49. The molecule has 32 heavy (non-hydrogen) atoms. The van der Waals surface area contributed by atoms with Gasteiger partial charge in [0, 0.05) is 5.02 Å². The van der Waals surface area contributed by atoms with Crippen molar-refractivity contribution in [1.29, 1.82) is 0 Å². The fourth-order valence-corrected chi connectivity index (χ4v) is 4.18. The normalized spacial score (nSPS) is 11.9. The monoisotopic (exact) mass is 507 g/mol. The Labute approximate surface area is 190 Å². The van der Waals surface area contributed by atoms with Gasteiger partial charge in [0.15, 0.2) is 5.82 Å². The minimum absolute atomic E-state index is 0.0282. The third-order valence-corrected chi connectivity index (χ3v) is 5.96. The average Bonchev–Trinajstić information content (AvgIpc) is 2.72. The van der Waals surface area contributed by atoms with Crippen molar-refractivity contribution >= 4 is 39.0 Å². The molecule has 0 aliphatic heterocycles. The van der Waals surface area contributed by atoms with E-state index < -0.39 is 31.7 Å². The van der Waals surface area contributed by atoms with Gasteiger partial charge < -0.3 is 9.84 Å². The van der Waals surface area contributed by atoms with Crippen LogP contribution in [0.4, 0.5) is 19.0 Å². The lowest BCUT2D eigenvalue weighted by atomic mass is 10.1. The molecule has 0 amide bonds. The number of rotatable bonds is 7. The number of aliphatic hydroxyl groups excluding tert-OH is 1. The predicted molar refractivity (Wildman–Crippen MR) is 112 cm³/mol. The van der Waals surface area contributed by atoms with Gasteiger partial charge in [-0.2, -0.15) is 13.2 Å². The van der Waals surface area contributed by atoms with E-state index in [1.807, 2.05) is 0 Å². The van der Waals surface area contributed by atoms with E-state index in [1.54, 1.807) is 24.3 Å². The van der Waals surface area contributed by atoms with Gasteiger partial charge in [0.2, 0.25) is 5.88 Å². The molecule has 0 saturated heterocycles. The maximum Gasteiger partial charge on any atom is 0.417 e. The van der Waals surface area contributed by atoms with Gasteiger partial charge in [-0.3, -0.25) is 4.72 Å². The molecule has 7 nitrogen and oxygen atoms in total. The summed E-state index contributed by atoms with van der Waals surface area (Å²) < 4.78 is 72.1. The summed E-state index contributed by atoms with van der Waals surface area (Å²) in [5, 5.41) is 8.70. The molecule has 1 heterocycles. The number of alkyl halides is 3. The van der Waals surface area contributed by atoms with Crippen LogP contribution in [-0.2, 0) is 16.2 Å². The second-order valence-corrected chi connectivity index (χ2v) is 8.75.